The molecule has 63 valence electrons. The predicted octanol–water partition coefficient (Wildman–Crippen LogP) is 0.491. The van der Waals surface area contributed by atoms with Gasteiger partial charge in [0.2, 0.25) is 0 Å². The van der Waals surface area contributed by atoms with Crippen LogP contribution in [0.5, 0.6) is 0 Å². The van der Waals surface area contributed by atoms with Gasteiger partial charge in [-0.25, -0.2) is 10.0 Å². The predicted molar refractivity (Wildman–Crippen MR) is 42.6 cm³/mol. The Kier molecular flexibility index (Phi) is 2.41. The number of morpholine rings is 1. The van der Waals surface area contributed by atoms with Crippen LogP contribution in [0, 0.1) is 6.54 Å². The highest BCUT2D eigenvalue weighted by Gasteiger charge is 2.21. The van der Waals surface area contributed by atoms with Crippen LogP contribution in [0.25, 0.3) is 0 Å². The smallest absolute Gasteiger partial charge is 0.0608 e. The summed E-state index contributed by atoms with van der Waals surface area (Å²) in [7, 11) is 0. The molecule has 0 aromatic heterocycles. The van der Waals surface area contributed by atoms with Crippen molar-refractivity contribution in [1.29, 1.82) is 0 Å². The molecule has 2 saturated heterocycles. The molecule has 0 N–H and O–H groups in total. The van der Waals surface area contributed by atoms with Gasteiger partial charge in [-0.15, -0.1) is 0 Å². The largest absolute Gasteiger partial charge is 0.379 e. The highest BCUT2D eigenvalue weighted by atomic mass is 16.5. The van der Waals surface area contributed by atoms with Gasteiger partial charge in [-0.2, -0.15) is 0 Å². The van der Waals surface area contributed by atoms with Crippen LogP contribution in [-0.4, -0.2) is 42.9 Å². The highest BCUT2D eigenvalue weighted by molar-refractivity contribution is 4.76. The van der Waals surface area contributed by atoms with E-state index in [0.717, 1.165) is 26.3 Å². The van der Waals surface area contributed by atoms with E-state index in [0.29, 0.717) is 0 Å². The van der Waals surface area contributed by atoms with Gasteiger partial charge in [-0.1, -0.05) is 0 Å². The van der Waals surface area contributed by atoms with E-state index >= 15 is 0 Å². The Hall–Kier alpha value is -0.120. The number of nitrogens with zero attached hydrogens (tertiary/aromatic N) is 2. The number of hydrazine groups is 1. The third-order valence-corrected chi connectivity index (χ3v) is 2.28. The van der Waals surface area contributed by atoms with E-state index in [1.807, 2.05) is 0 Å². The zero-order chi connectivity index (χ0) is 7.52. The van der Waals surface area contributed by atoms with Crippen molar-refractivity contribution in [2.45, 2.75) is 12.8 Å². The second-order valence-corrected chi connectivity index (χ2v) is 3.05. The fourth-order valence-electron chi connectivity index (χ4n) is 1.65. The maximum Gasteiger partial charge on any atom is 0.0608 e. The summed E-state index contributed by atoms with van der Waals surface area (Å²) in [5, 5.41) is 4.74. The molecular formula is C8H15N2O. The summed E-state index contributed by atoms with van der Waals surface area (Å²) in [5.74, 6) is 0. The average Bonchev–Trinajstić information content (AvgIpc) is 2.58. The summed E-state index contributed by atoms with van der Waals surface area (Å²) in [6.07, 6.45) is 2.56. The topological polar surface area (TPSA) is 15.7 Å². The van der Waals surface area contributed by atoms with Gasteiger partial charge in [0.05, 0.1) is 13.2 Å². The molecule has 0 amide bonds. The molecule has 0 aromatic rings. The normalized spacial score (nSPS) is 29.5. The van der Waals surface area contributed by atoms with Crippen LogP contribution < -0.4 is 0 Å². The van der Waals surface area contributed by atoms with Gasteiger partial charge in [-0.05, 0) is 12.8 Å². The quantitative estimate of drug-likeness (QED) is 0.548. The molecule has 0 atom stereocenters. The summed E-state index contributed by atoms with van der Waals surface area (Å²) in [4.78, 5) is 0. The minimum absolute atomic E-state index is 0.893. The van der Waals surface area contributed by atoms with E-state index in [1.165, 1.54) is 19.4 Å². The standard InChI is InChI=1S/C8H15N2O/c1-2-4-9(3-1)10-5-7-11-8-6-10/h3H,1-2,4-8H2. The molecule has 0 aliphatic carbocycles. The first kappa shape index (κ1) is 7.53. The third kappa shape index (κ3) is 1.72. The highest BCUT2D eigenvalue weighted by Crippen LogP contribution is 2.15. The Morgan fingerprint density at radius 1 is 1.09 bits per heavy atom. The molecule has 0 saturated carbocycles. The van der Waals surface area contributed by atoms with Gasteiger partial charge in [-0.3, -0.25) is 0 Å². The van der Waals surface area contributed by atoms with Gasteiger partial charge in [0.1, 0.15) is 0 Å². The van der Waals surface area contributed by atoms with Crippen molar-refractivity contribution >= 4 is 0 Å². The molecule has 2 aliphatic heterocycles. The first-order chi connectivity index (χ1) is 5.47. The Bertz CT molecular complexity index is 117. The first-order valence-electron chi connectivity index (χ1n) is 4.39. The fraction of sp³-hybridized carbons (Fsp3) is 0.875. The summed E-state index contributed by atoms with van der Waals surface area (Å²) in [6, 6.07) is 0. The van der Waals surface area contributed by atoms with Crippen LogP contribution in [0.4, 0.5) is 0 Å². The van der Waals surface area contributed by atoms with E-state index < -0.39 is 0 Å². The van der Waals surface area contributed by atoms with Gasteiger partial charge >= 0.3 is 0 Å². The maximum atomic E-state index is 5.28. The second kappa shape index (κ2) is 3.52. The Morgan fingerprint density at radius 2 is 1.91 bits per heavy atom. The van der Waals surface area contributed by atoms with Crippen LogP contribution >= 0.6 is 0 Å². The minimum Gasteiger partial charge on any atom is -0.379 e. The molecule has 2 fully saturated rings. The molecule has 2 aliphatic rings. The van der Waals surface area contributed by atoms with Gasteiger partial charge in [0, 0.05) is 26.2 Å². The fourth-order valence-corrected chi connectivity index (χ4v) is 1.65. The molecule has 0 unspecified atom stereocenters. The van der Waals surface area contributed by atoms with Gasteiger partial charge in [0.15, 0.2) is 0 Å². The lowest BCUT2D eigenvalue weighted by molar-refractivity contribution is -0.0644. The molecular weight excluding hydrogens is 140 g/mol. The van der Waals surface area contributed by atoms with Crippen molar-refractivity contribution in [2.75, 3.05) is 32.8 Å². The van der Waals surface area contributed by atoms with Crippen LogP contribution in [0.3, 0.4) is 0 Å². The van der Waals surface area contributed by atoms with Crippen molar-refractivity contribution in [3.8, 4) is 0 Å². The zero-order valence-electron chi connectivity index (χ0n) is 6.83. The van der Waals surface area contributed by atoms with E-state index in [2.05, 4.69) is 16.6 Å². The molecule has 0 spiro atoms. The van der Waals surface area contributed by atoms with Crippen molar-refractivity contribution in [3.05, 3.63) is 6.54 Å². The van der Waals surface area contributed by atoms with Crippen molar-refractivity contribution < 1.29 is 4.74 Å². The van der Waals surface area contributed by atoms with E-state index in [-0.39, 0.29) is 0 Å². The van der Waals surface area contributed by atoms with Crippen LogP contribution in [0.15, 0.2) is 0 Å². The van der Waals surface area contributed by atoms with Gasteiger partial charge < -0.3 is 4.74 Å². The Balaban J connectivity index is 1.82. The average molecular weight is 155 g/mol. The minimum atomic E-state index is 0.893. The lowest BCUT2D eigenvalue weighted by Crippen LogP contribution is -2.45. The summed E-state index contributed by atoms with van der Waals surface area (Å²) in [5.41, 5.74) is 0. The number of hydrogen-bond acceptors (Lipinski definition) is 3. The molecule has 0 aromatic carbocycles. The number of rotatable bonds is 1. The summed E-state index contributed by atoms with van der Waals surface area (Å²) >= 11 is 0. The zero-order valence-corrected chi connectivity index (χ0v) is 6.83. The molecule has 2 rings (SSSR count). The van der Waals surface area contributed by atoms with Crippen molar-refractivity contribution in [2.24, 2.45) is 0 Å². The SMILES string of the molecule is [CH]1CCCN1N1CCOCC1. The van der Waals surface area contributed by atoms with E-state index in [4.69, 9.17) is 4.74 Å². The summed E-state index contributed by atoms with van der Waals surface area (Å²) < 4.78 is 5.28. The summed E-state index contributed by atoms with van der Waals surface area (Å²) in [6.45, 7) is 7.42. The van der Waals surface area contributed by atoms with Crippen LogP contribution in [0.2, 0.25) is 0 Å². The number of ether oxygens (including phenoxy) is 1. The van der Waals surface area contributed by atoms with Crippen LogP contribution in [-0.2, 0) is 4.74 Å². The van der Waals surface area contributed by atoms with E-state index in [1.54, 1.807) is 0 Å². The van der Waals surface area contributed by atoms with Gasteiger partial charge in [0.25, 0.3) is 0 Å². The Morgan fingerprint density at radius 3 is 2.55 bits per heavy atom. The molecule has 11 heavy (non-hydrogen) atoms. The monoisotopic (exact) mass is 155 g/mol. The van der Waals surface area contributed by atoms with Crippen molar-refractivity contribution in [1.82, 2.24) is 10.0 Å². The molecule has 2 heterocycles. The molecule has 0 bridgehead atoms. The van der Waals surface area contributed by atoms with Crippen molar-refractivity contribution in [3.63, 3.8) is 0 Å². The second-order valence-electron chi connectivity index (χ2n) is 3.05. The van der Waals surface area contributed by atoms with Crippen LogP contribution in [0.1, 0.15) is 12.8 Å². The first-order valence-corrected chi connectivity index (χ1v) is 4.39. The van der Waals surface area contributed by atoms with E-state index in [9.17, 15) is 0 Å². The lowest BCUT2D eigenvalue weighted by atomic mass is 10.4. The third-order valence-electron chi connectivity index (χ3n) is 2.28. The molecule has 3 heteroatoms. The molecule has 3 nitrogen and oxygen atoms in total. The Labute approximate surface area is 67.9 Å². The number of hydrogen-bond donors (Lipinski definition) is 0. The molecule has 1 radical (unpaired) electrons. The maximum absolute atomic E-state index is 5.28. The lowest BCUT2D eigenvalue weighted by Gasteiger charge is -2.34.